The summed E-state index contributed by atoms with van der Waals surface area (Å²) in [5, 5.41) is 0. The number of hydrogen-bond donors (Lipinski definition) is 0. The summed E-state index contributed by atoms with van der Waals surface area (Å²) in [5.41, 5.74) is 0. The molecule has 0 aliphatic heterocycles. The van der Waals surface area contributed by atoms with Gasteiger partial charge >= 0.3 is 11.9 Å². The van der Waals surface area contributed by atoms with Crippen LogP contribution in [0.1, 0.15) is 20.3 Å². The quantitative estimate of drug-likeness (QED) is 0.571. The van der Waals surface area contributed by atoms with E-state index in [0.717, 1.165) is 11.4 Å². The van der Waals surface area contributed by atoms with Gasteiger partial charge < -0.3 is 9.47 Å². The molecule has 0 unspecified atom stereocenters. The second-order valence-corrected chi connectivity index (χ2v) is 5.44. The Hall–Kier alpha value is -1.15. The van der Waals surface area contributed by atoms with Crippen LogP contribution in [0.15, 0.2) is 0 Å². The van der Waals surface area contributed by atoms with Crippen LogP contribution in [0.2, 0.25) is 0 Å². The first-order valence-corrected chi connectivity index (χ1v) is 7.18. The van der Waals surface area contributed by atoms with E-state index < -0.39 is 27.7 Å². The first-order valence-electron chi connectivity index (χ1n) is 5.57. The molecule has 0 aromatic rings. The Morgan fingerprint density at radius 3 is 2.22 bits per heavy atom. The lowest BCUT2D eigenvalue weighted by atomic mass is 10.5. The van der Waals surface area contributed by atoms with E-state index in [-0.39, 0.29) is 19.7 Å². The molecule has 0 bridgehead atoms. The van der Waals surface area contributed by atoms with Crippen molar-refractivity contribution in [3.05, 3.63) is 0 Å². The normalized spacial score (nSPS) is 11.3. The van der Waals surface area contributed by atoms with Crippen LogP contribution in [0.4, 0.5) is 0 Å². The van der Waals surface area contributed by atoms with Crippen molar-refractivity contribution in [2.75, 3.05) is 32.6 Å². The van der Waals surface area contributed by atoms with Crippen LogP contribution in [-0.4, -0.2) is 57.2 Å². The molecule has 0 atom stereocenters. The topological polar surface area (TPSA) is 90.0 Å². The molecular weight excluding hydrogens is 262 g/mol. The van der Waals surface area contributed by atoms with Crippen molar-refractivity contribution in [2.24, 2.45) is 0 Å². The Kier molecular flexibility index (Phi) is 7.53. The highest BCUT2D eigenvalue weighted by molar-refractivity contribution is 7.89. The zero-order valence-corrected chi connectivity index (χ0v) is 11.7. The number of hydrogen-bond acceptors (Lipinski definition) is 6. The molecule has 0 aromatic carbocycles. The number of nitrogens with zero attached hydrogens (tertiary/aromatic N) is 1. The molecule has 0 fully saturated rings. The van der Waals surface area contributed by atoms with Crippen molar-refractivity contribution in [1.82, 2.24) is 4.31 Å². The van der Waals surface area contributed by atoms with Gasteiger partial charge in [0.05, 0.1) is 13.7 Å². The molecule has 0 saturated heterocycles. The Labute approximate surface area is 107 Å². The molecule has 0 radical (unpaired) electrons. The standard InChI is InChI=1S/C10H19NO6S/c1-4-6-11(7-9(12)17-5-2)18(14,15)8-10(13)16-3/h4-8H2,1-3H3. The Balaban J connectivity index is 4.76. The lowest BCUT2D eigenvalue weighted by Crippen LogP contribution is -2.40. The fourth-order valence-electron chi connectivity index (χ4n) is 1.22. The molecule has 106 valence electrons. The monoisotopic (exact) mass is 281 g/mol. The maximum absolute atomic E-state index is 11.8. The summed E-state index contributed by atoms with van der Waals surface area (Å²) in [7, 11) is -2.75. The molecule has 0 rings (SSSR count). The van der Waals surface area contributed by atoms with Gasteiger partial charge in [0.2, 0.25) is 10.0 Å². The van der Waals surface area contributed by atoms with Crippen LogP contribution in [0.25, 0.3) is 0 Å². The van der Waals surface area contributed by atoms with Crippen molar-refractivity contribution in [3.63, 3.8) is 0 Å². The predicted molar refractivity (Wildman–Crippen MR) is 64.3 cm³/mol. The summed E-state index contributed by atoms with van der Waals surface area (Å²) >= 11 is 0. The average molecular weight is 281 g/mol. The van der Waals surface area contributed by atoms with Crippen molar-refractivity contribution in [1.29, 1.82) is 0 Å². The lowest BCUT2D eigenvalue weighted by molar-refractivity contribution is -0.143. The molecule has 0 aliphatic rings. The first-order chi connectivity index (χ1) is 8.37. The van der Waals surface area contributed by atoms with Gasteiger partial charge in [-0.05, 0) is 13.3 Å². The van der Waals surface area contributed by atoms with Crippen LogP contribution in [0, 0.1) is 0 Å². The summed E-state index contributed by atoms with van der Waals surface area (Å²) in [5.74, 6) is -2.28. The molecule has 8 heteroatoms. The van der Waals surface area contributed by atoms with Crippen LogP contribution < -0.4 is 0 Å². The molecule has 0 amide bonds. The molecule has 0 aromatic heterocycles. The Morgan fingerprint density at radius 2 is 1.78 bits per heavy atom. The van der Waals surface area contributed by atoms with Crippen LogP contribution in [0.3, 0.4) is 0 Å². The van der Waals surface area contributed by atoms with Crippen molar-refractivity contribution < 1.29 is 27.5 Å². The number of rotatable bonds is 8. The third-order valence-corrected chi connectivity index (χ3v) is 3.70. The first kappa shape index (κ1) is 16.9. The number of carbonyl (C=O) groups is 2. The minimum Gasteiger partial charge on any atom is -0.468 e. The number of esters is 2. The maximum atomic E-state index is 11.8. The second kappa shape index (κ2) is 8.04. The predicted octanol–water partition coefficient (Wildman–Crippen LogP) is -0.236. The van der Waals surface area contributed by atoms with E-state index in [2.05, 4.69) is 9.47 Å². The SMILES string of the molecule is CCCN(CC(=O)OCC)S(=O)(=O)CC(=O)OC. The van der Waals surface area contributed by atoms with Crippen molar-refractivity contribution >= 4 is 22.0 Å². The minimum atomic E-state index is -3.85. The maximum Gasteiger partial charge on any atom is 0.322 e. The van der Waals surface area contributed by atoms with Gasteiger partial charge in [-0.3, -0.25) is 9.59 Å². The van der Waals surface area contributed by atoms with Crippen LogP contribution >= 0.6 is 0 Å². The fraction of sp³-hybridized carbons (Fsp3) is 0.800. The zero-order valence-electron chi connectivity index (χ0n) is 10.8. The summed E-state index contributed by atoms with van der Waals surface area (Å²) < 4.78 is 33.6. The van der Waals surface area contributed by atoms with Gasteiger partial charge in [-0.15, -0.1) is 0 Å². The zero-order chi connectivity index (χ0) is 14.2. The smallest absolute Gasteiger partial charge is 0.322 e. The average Bonchev–Trinajstić information content (AvgIpc) is 2.28. The van der Waals surface area contributed by atoms with E-state index >= 15 is 0 Å². The second-order valence-electron chi connectivity index (χ2n) is 3.47. The largest absolute Gasteiger partial charge is 0.468 e. The van der Waals surface area contributed by atoms with Gasteiger partial charge in [0.1, 0.15) is 6.54 Å². The van der Waals surface area contributed by atoms with E-state index in [1.165, 1.54) is 0 Å². The third kappa shape index (κ3) is 5.97. The van der Waals surface area contributed by atoms with Gasteiger partial charge in [-0.25, -0.2) is 8.42 Å². The Morgan fingerprint density at radius 1 is 1.17 bits per heavy atom. The van der Waals surface area contributed by atoms with E-state index in [1.54, 1.807) is 13.8 Å². The van der Waals surface area contributed by atoms with E-state index in [0.29, 0.717) is 6.42 Å². The highest BCUT2D eigenvalue weighted by atomic mass is 32.2. The van der Waals surface area contributed by atoms with Gasteiger partial charge in [-0.2, -0.15) is 4.31 Å². The molecule has 18 heavy (non-hydrogen) atoms. The highest BCUT2D eigenvalue weighted by Crippen LogP contribution is 2.04. The van der Waals surface area contributed by atoms with E-state index in [4.69, 9.17) is 0 Å². The summed E-state index contributed by atoms with van der Waals surface area (Å²) in [6.07, 6.45) is 0.528. The van der Waals surface area contributed by atoms with Crippen LogP contribution in [-0.2, 0) is 29.1 Å². The molecular formula is C10H19NO6S. The summed E-state index contributed by atoms with van der Waals surface area (Å²) in [6, 6.07) is 0. The molecule has 0 saturated carbocycles. The van der Waals surface area contributed by atoms with Gasteiger partial charge in [0.25, 0.3) is 0 Å². The Bertz CT molecular complexity index is 378. The number of sulfonamides is 1. The molecule has 0 heterocycles. The van der Waals surface area contributed by atoms with E-state index in [1.807, 2.05) is 0 Å². The van der Waals surface area contributed by atoms with Crippen molar-refractivity contribution in [3.8, 4) is 0 Å². The lowest BCUT2D eigenvalue weighted by Gasteiger charge is -2.19. The number of carbonyl (C=O) groups excluding carboxylic acids is 2. The van der Waals surface area contributed by atoms with E-state index in [9.17, 15) is 18.0 Å². The van der Waals surface area contributed by atoms with Gasteiger partial charge in [0.15, 0.2) is 5.75 Å². The molecule has 0 aliphatic carbocycles. The number of methoxy groups -OCH3 is 1. The van der Waals surface area contributed by atoms with Crippen molar-refractivity contribution in [2.45, 2.75) is 20.3 Å². The third-order valence-electron chi connectivity index (χ3n) is 2.01. The summed E-state index contributed by atoms with van der Waals surface area (Å²) in [4.78, 5) is 22.3. The molecule has 0 N–H and O–H groups in total. The van der Waals surface area contributed by atoms with Crippen LogP contribution in [0.5, 0.6) is 0 Å². The minimum absolute atomic E-state index is 0.151. The number of ether oxygens (including phenoxy) is 2. The molecule has 7 nitrogen and oxygen atoms in total. The summed E-state index contributed by atoms with van der Waals surface area (Å²) in [6.45, 7) is 3.34. The fourth-order valence-corrected chi connectivity index (χ4v) is 2.58. The highest BCUT2D eigenvalue weighted by Gasteiger charge is 2.27. The van der Waals surface area contributed by atoms with Gasteiger partial charge in [-0.1, -0.05) is 6.92 Å². The molecule has 0 spiro atoms. The van der Waals surface area contributed by atoms with Gasteiger partial charge in [0, 0.05) is 6.54 Å².